The van der Waals surface area contributed by atoms with Gasteiger partial charge in [-0.15, -0.1) is 0 Å². The number of hydrogen-bond donors (Lipinski definition) is 1. The van der Waals surface area contributed by atoms with Gasteiger partial charge in [0.05, 0.1) is 0 Å². The first-order valence-electron chi connectivity index (χ1n) is 7.57. The average Bonchev–Trinajstić information content (AvgIpc) is 2.83. The van der Waals surface area contributed by atoms with E-state index in [1.165, 1.54) is 57.8 Å². The molecule has 1 N–H and O–H groups in total. The summed E-state index contributed by atoms with van der Waals surface area (Å²) in [5.74, 6) is 1.93. The van der Waals surface area contributed by atoms with Crippen LogP contribution in [0, 0.1) is 11.8 Å². The topological polar surface area (TPSA) is 12.0 Å². The average molecular weight is 223 g/mol. The highest BCUT2D eigenvalue weighted by Gasteiger charge is 2.28. The van der Waals surface area contributed by atoms with E-state index < -0.39 is 0 Å². The SMILES string of the molecule is CCC1CCCCC1N[C@H](C)C1CCCC1. The molecule has 2 saturated carbocycles. The Bertz CT molecular complexity index is 196. The zero-order chi connectivity index (χ0) is 11.4. The molecule has 2 fully saturated rings. The largest absolute Gasteiger partial charge is 0.311 e. The fourth-order valence-electron chi connectivity index (χ4n) is 3.85. The maximum absolute atomic E-state index is 3.96. The highest BCUT2D eigenvalue weighted by Crippen LogP contribution is 2.31. The summed E-state index contributed by atoms with van der Waals surface area (Å²) in [6, 6.07) is 1.59. The van der Waals surface area contributed by atoms with Crippen molar-refractivity contribution in [2.24, 2.45) is 11.8 Å². The Hall–Kier alpha value is -0.0400. The van der Waals surface area contributed by atoms with Crippen LogP contribution in [0.1, 0.15) is 71.6 Å². The molecule has 2 unspecified atom stereocenters. The second-order valence-electron chi connectivity index (χ2n) is 6.06. The van der Waals surface area contributed by atoms with Crippen LogP contribution in [0.2, 0.25) is 0 Å². The molecule has 2 aliphatic carbocycles. The lowest BCUT2D eigenvalue weighted by atomic mass is 9.82. The molecule has 0 aromatic heterocycles. The molecular weight excluding hydrogens is 194 g/mol. The van der Waals surface area contributed by atoms with E-state index in [0.717, 1.165) is 23.9 Å². The Morgan fingerprint density at radius 1 is 1.00 bits per heavy atom. The monoisotopic (exact) mass is 223 g/mol. The van der Waals surface area contributed by atoms with E-state index in [-0.39, 0.29) is 0 Å². The number of nitrogens with one attached hydrogen (secondary N) is 1. The molecule has 0 spiro atoms. The van der Waals surface area contributed by atoms with Crippen LogP contribution in [0.15, 0.2) is 0 Å². The van der Waals surface area contributed by atoms with E-state index >= 15 is 0 Å². The van der Waals surface area contributed by atoms with Crippen molar-refractivity contribution in [1.82, 2.24) is 5.32 Å². The predicted octanol–water partition coefficient (Wildman–Crippen LogP) is 4.12. The van der Waals surface area contributed by atoms with Crippen LogP contribution in [0.3, 0.4) is 0 Å². The minimum atomic E-state index is 0.764. The molecule has 0 aromatic carbocycles. The third-order valence-corrected chi connectivity index (χ3v) is 5.02. The molecule has 2 rings (SSSR count). The number of rotatable bonds is 4. The van der Waals surface area contributed by atoms with E-state index in [2.05, 4.69) is 19.2 Å². The van der Waals surface area contributed by atoms with Gasteiger partial charge in [-0.05, 0) is 44.4 Å². The third kappa shape index (κ3) is 3.00. The van der Waals surface area contributed by atoms with Crippen LogP contribution in [0.5, 0.6) is 0 Å². The maximum Gasteiger partial charge on any atom is 0.00978 e. The minimum absolute atomic E-state index is 0.764. The van der Waals surface area contributed by atoms with E-state index in [1.807, 2.05) is 0 Å². The van der Waals surface area contributed by atoms with Gasteiger partial charge in [0.1, 0.15) is 0 Å². The van der Waals surface area contributed by atoms with Gasteiger partial charge in [0.15, 0.2) is 0 Å². The highest BCUT2D eigenvalue weighted by atomic mass is 15.0. The van der Waals surface area contributed by atoms with Crippen molar-refractivity contribution in [3.05, 3.63) is 0 Å². The van der Waals surface area contributed by atoms with Crippen LogP contribution < -0.4 is 5.32 Å². The fraction of sp³-hybridized carbons (Fsp3) is 1.00. The van der Waals surface area contributed by atoms with E-state index in [0.29, 0.717) is 0 Å². The normalized spacial score (nSPS) is 34.1. The van der Waals surface area contributed by atoms with Gasteiger partial charge in [-0.3, -0.25) is 0 Å². The lowest BCUT2D eigenvalue weighted by Crippen LogP contribution is -2.45. The van der Waals surface area contributed by atoms with Crippen LogP contribution in [-0.2, 0) is 0 Å². The second kappa shape index (κ2) is 6.05. The summed E-state index contributed by atoms with van der Waals surface area (Å²) in [6.45, 7) is 4.79. The zero-order valence-electron chi connectivity index (χ0n) is 11.2. The van der Waals surface area contributed by atoms with Crippen LogP contribution >= 0.6 is 0 Å². The lowest BCUT2D eigenvalue weighted by Gasteiger charge is -2.35. The summed E-state index contributed by atoms with van der Waals surface area (Å²) >= 11 is 0. The first-order valence-corrected chi connectivity index (χ1v) is 7.57. The summed E-state index contributed by atoms with van der Waals surface area (Å²) in [4.78, 5) is 0. The summed E-state index contributed by atoms with van der Waals surface area (Å²) in [7, 11) is 0. The van der Waals surface area contributed by atoms with Gasteiger partial charge in [-0.2, -0.15) is 0 Å². The standard InChI is InChI=1S/C15H29N/c1-3-13-8-6-7-11-15(13)16-12(2)14-9-4-5-10-14/h12-16H,3-11H2,1-2H3/t12-,13?,15?/m1/s1. The molecule has 0 amide bonds. The van der Waals surface area contributed by atoms with Gasteiger partial charge >= 0.3 is 0 Å². The second-order valence-corrected chi connectivity index (χ2v) is 6.06. The van der Waals surface area contributed by atoms with Crippen molar-refractivity contribution in [3.8, 4) is 0 Å². The molecule has 16 heavy (non-hydrogen) atoms. The summed E-state index contributed by atoms with van der Waals surface area (Å²) < 4.78 is 0. The molecule has 0 aliphatic heterocycles. The van der Waals surface area contributed by atoms with Crippen LogP contribution in [-0.4, -0.2) is 12.1 Å². The van der Waals surface area contributed by atoms with E-state index in [9.17, 15) is 0 Å². The fourth-order valence-corrected chi connectivity index (χ4v) is 3.85. The molecule has 1 heteroatoms. The smallest absolute Gasteiger partial charge is 0.00978 e. The van der Waals surface area contributed by atoms with Gasteiger partial charge in [0.25, 0.3) is 0 Å². The van der Waals surface area contributed by atoms with Crippen molar-refractivity contribution in [2.75, 3.05) is 0 Å². The van der Waals surface area contributed by atoms with Crippen molar-refractivity contribution in [2.45, 2.75) is 83.7 Å². The maximum atomic E-state index is 3.96. The van der Waals surface area contributed by atoms with Gasteiger partial charge in [-0.25, -0.2) is 0 Å². The summed E-state index contributed by atoms with van der Waals surface area (Å²) in [5, 5.41) is 3.96. The molecule has 3 atom stereocenters. The Kier molecular flexibility index (Phi) is 4.69. The first kappa shape index (κ1) is 12.4. The quantitative estimate of drug-likeness (QED) is 0.756. The van der Waals surface area contributed by atoms with Gasteiger partial charge in [0, 0.05) is 12.1 Å². The lowest BCUT2D eigenvalue weighted by molar-refractivity contribution is 0.218. The van der Waals surface area contributed by atoms with Crippen LogP contribution in [0.4, 0.5) is 0 Å². The Balaban J connectivity index is 1.81. The van der Waals surface area contributed by atoms with Crippen molar-refractivity contribution in [3.63, 3.8) is 0 Å². The van der Waals surface area contributed by atoms with Crippen molar-refractivity contribution >= 4 is 0 Å². The molecule has 1 nitrogen and oxygen atoms in total. The van der Waals surface area contributed by atoms with E-state index in [4.69, 9.17) is 0 Å². The molecule has 0 heterocycles. The van der Waals surface area contributed by atoms with E-state index in [1.54, 1.807) is 0 Å². The molecule has 94 valence electrons. The minimum Gasteiger partial charge on any atom is -0.311 e. The van der Waals surface area contributed by atoms with Crippen LogP contribution in [0.25, 0.3) is 0 Å². The Morgan fingerprint density at radius 2 is 1.62 bits per heavy atom. The Labute approximate surface area is 101 Å². The highest BCUT2D eigenvalue weighted by molar-refractivity contribution is 4.85. The molecular formula is C15H29N. The molecule has 2 aliphatic rings. The predicted molar refractivity (Wildman–Crippen MR) is 70.6 cm³/mol. The van der Waals surface area contributed by atoms with Crippen molar-refractivity contribution in [1.29, 1.82) is 0 Å². The first-order chi connectivity index (χ1) is 7.81. The summed E-state index contributed by atoms with van der Waals surface area (Å²) in [6.07, 6.45) is 13.1. The molecule has 0 radical (unpaired) electrons. The van der Waals surface area contributed by atoms with Crippen molar-refractivity contribution < 1.29 is 0 Å². The molecule has 0 aromatic rings. The zero-order valence-corrected chi connectivity index (χ0v) is 11.2. The third-order valence-electron chi connectivity index (χ3n) is 5.02. The molecule has 0 saturated heterocycles. The van der Waals surface area contributed by atoms with Gasteiger partial charge in [0.2, 0.25) is 0 Å². The van der Waals surface area contributed by atoms with Gasteiger partial charge < -0.3 is 5.32 Å². The van der Waals surface area contributed by atoms with Gasteiger partial charge in [-0.1, -0.05) is 39.0 Å². The molecule has 0 bridgehead atoms. The Morgan fingerprint density at radius 3 is 2.31 bits per heavy atom. The summed E-state index contributed by atoms with van der Waals surface area (Å²) in [5.41, 5.74) is 0. The number of hydrogen-bond acceptors (Lipinski definition) is 1.